The Morgan fingerprint density at radius 1 is 1.00 bits per heavy atom. The normalized spacial score (nSPS) is 11.7. The van der Waals surface area contributed by atoms with E-state index in [4.69, 9.17) is 9.26 Å². The van der Waals surface area contributed by atoms with Crippen molar-refractivity contribution in [2.75, 3.05) is 6.61 Å². The Morgan fingerprint density at radius 2 is 1.70 bits per heavy atom. The van der Waals surface area contributed by atoms with E-state index in [1.165, 1.54) is 12.1 Å². The molecule has 1 unspecified atom stereocenters. The summed E-state index contributed by atoms with van der Waals surface area (Å²) in [5.74, 6) is 1.02. The first-order valence-electron chi connectivity index (χ1n) is 10.8. The number of benzene rings is 3. The lowest BCUT2D eigenvalue weighted by molar-refractivity contribution is -0.121. The number of ether oxygens (including phenoxy) is 1. The zero-order valence-corrected chi connectivity index (χ0v) is 18.2. The lowest BCUT2D eigenvalue weighted by Crippen LogP contribution is -2.29. The number of aryl methyl sites for hydroxylation is 1. The quantitative estimate of drug-likeness (QED) is 0.387. The molecule has 0 aliphatic rings. The Kier molecular flexibility index (Phi) is 7.09. The lowest BCUT2D eigenvalue weighted by Gasteiger charge is -2.20. The topological polar surface area (TPSA) is 77.2 Å². The number of carbonyl (C=O) groups excluding carboxylic acids is 1. The Labute approximate surface area is 191 Å². The summed E-state index contributed by atoms with van der Waals surface area (Å²) in [6.45, 7) is 2.53. The van der Waals surface area contributed by atoms with Gasteiger partial charge in [0, 0.05) is 18.4 Å². The van der Waals surface area contributed by atoms with E-state index in [0.717, 1.165) is 16.9 Å². The van der Waals surface area contributed by atoms with Crippen LogP contribution in [0.4, 0.5) is 4.39 Å². The molecule has 1 heterocycles. The molecule has 1 amide bonds. The van der Waals surface area contributed by atoms with E-state index >= 15 is 0 Å². The summed E-state index contributed by atoms with van der Waals surface area (Å²) < 4.78 is 23.9. The summed E-state index contributed by atoms with van der Waals surface area (Å²) in [5.41, 5.74) is 2.58. The van der Waals surface area contributed by atoms with Crippen molar-refractivity contribution in [2.45, 2.75) is 25.8 Å². The van der Waals surface area contributed by atoms with Crippen LogP contribution in [0.2, 0.25) is 0 Å². The summed E-state index contributed by atoms with van der Waals surface area (Å²) in [7, 11) is 0. The molecule has 0 spiro atoms. The highest BCUT2D eigenvalue weighted by Crippen LogP contribution is 2.24. The van der Waals surface area contributed by atoms with Crippen LogP contribution >= 0.6 is 0 Å². The molecule has 6 nitrogen and oxygen atoms in total. The second kappa shape index (κ2) is 10.5. The first-order valence-corrected chi connectivity index (χ1v) is 10.8. The van der Waals surface area contributed by atoms with Gasteiger partial charge in [-0.3, -0.25) is 4.79 Å². The van der Waals surface area contributed by atoms with Crippen LogP contribution in [0.15, 0.2) is 83.4 Å². The number of rotatable bonds is 9. The third kappa shape index (κ3) is 5.83. The predicted molar refractivity (Wildman–Crippen MR) is 122 cm³/mol. The maximum absolute atomic E-state index is 13.1. The molecule has 0 saturated heterocycles. The number of nitrogens with zero attached hydrogens (tertiary/aromatic N) is 2. The van der Waals surface area contributed by atoms with Gasteiger partial charge in [-0.05, 0) is 54.4 Å². The van der Waals surface area contributed by atoms with E-state index in [1.807, 2.05) is 61.5 Å². The van der Waals surface area contributed by atoms with Crippen LogP contribution in [0.3, 0.4) is 0 Å². The van der Waals surface area contributed by atoms with Gasteiger partial charge in [-0.15, -0.1) is 0 Å². The second-order valence-electron chi connectivity index (χ2n) is 7.43. The van der Waals surface area contributed by atoms with Crippen LogP contribution in [0.25, 0.3) is 11.4 Å². The second-order valence-corrected chi connectivity index (χ2v) is 7.43. The van der Waals surface area contributed by atoms with Gasteiger partial charge in [0.2, 0.25) is 17.6 Å². The number of nitrogens with one attached hydrogen (secondary N) is 1. The minimum atomic E-state index is -0.334. The summed E-state index contributed by atoms with van der Waals surface area (Å²) in [5, 5.41) is 7.03. The van der Waals surface area contributed by atoms with Gasteiger partial charge in [-0.1, -0.05) is 47.6 Å². The molecule has 3 aromatic carbocycles. The zero-order chi connectivity index (χ0) is 23.0. The lowest BCUT2D eigenvalue weighted by atomic mass is 9.98. The van der Waals surface area contributed by atoms with Crippen molar-refractivity contribution in [1.82, 2.24) is 15.5 Å². The van der Waals surface area contributed by atoms with E-state index < -0.39 is 0 Å². The standard InChI is InChI=1S/C26H24FN3O3/c1-2-32-22-14-10-19(11-15-22)25(18-6-4-3-5-7-18)28-23(31)16-17-24-29-26(30-33-24)20-8-12-21(27)13-9-20/h3-15,25H,2,16-17H2,1H3,(H,28,31). The van der Waals surface area contributed by atoms with Gasteiger partial charge in [-0.25, -0.2) is 4.39 Å². The summed E-state index contributed by atoms with van der Waals surface area (Å²) in [6.07, 6.45) is 0.482. The number of hydrogen-bond donors (Lipinski definition) is 1. The highest BCUT2D eigenvalue weighted by Gasteiger charge is 2.18. The largest absolute Gasteiger partial charge is 0.494 e. The van der Waals surface area contributed by atoms with Crippen LogP contribution in [0.1, 0.15) is 36.4 Å². The average molecular weight is 445 g/mol. The third-order valence-corrected chi connectivity index (χ3v) is 5.10. The molecule has 1 atom stereocenters. The number of carbonyl (C=O) groups is 1. The van der Waals surface area contributed by atoms with Crippen LogP contribution in [0, 0.1) is 5.82 Å². The fourth-order valence-electron chi connectivity index (χ4n) is 3.45. The van der Waals surface area contributed by atoms with Gasteiger partial charge in [-0.2, -0.15) is 4.98 Å². The number of aromatic nitrogens is 2. The summed E-state index contributed by atoms with van der Waals surface area (Å²) >= 11 is 0. The summed E-state index contributed by atoms with van der Waals surface area (Å²) in [4.78, 5) is 17.1. The van der Waals surface area contributed by atoms with Crippen molar-refractivity contribution in [2.24, 2.45) is 0 Å². The monoisotopic (exact) mass is 445 g/mol. The molecule has 0 aliphatic heterocycles. The maximum Gasteiger partial charge on any atom is 0.227 e. The fraction of sp³-hybridized carbons (Fsp3) is 0.192. The molecule has 0 bridgehead atoms. The van der Waals surface area contributed by atoms with E-state index in [2.05, 4.69) is 15.5 Å². The Morgan fingerprint density at radius 3 is 2.39 bits per heavy atom. The number of halogens is 1. The van der Waals surface area contributed by atoms with Crippen LogP contribution in [-0.4, -0.2) is 22.7 Å². The first-order chi connectivity index (χ1) is 16.1. The van der Waals surface area contributed by atoms with E-state index in [-0.39, 0.29) is 24.2 Å². The maximum atomic E-state index is 13.1. The number of hydrogen-bond acceptors (Lipinski definition) is 5. The average Bonchev–Trinajstić information content (AvgIpc) is 3.32. The molecule has 4 rings (SSSR count). The van der Waals surface area contributed by atoms with Crippen molar-refractivity contribution >= 4 is 5.91 Å². The smallest absolute Gasteiger partial charge is 0.227 e. The van der Waals surface area contributed by atoms with Crippen LogP contribution in [0.5, 0.6) is 5.75 Å². The zero-order valence-electron chi connectivity index (χ0n) is 18.2. The number of amides is 1. The Bertz CT molecular complexity index is 1180. The molecular formula is C26H24FN3O3. The Balaban J connectivity index is 1.42. The van der Waals surface area contributed by atoms with Gasteiger partial charge in [0.1, 0.15) is 11.6 Å². The fourth-order valence-corrected chi connectivity index (χ4v) is 3.45. The molecule has 33 heavy (non-hydrogen) atoms. The van der Waals surface area contributed by atoms with Crippen molar-refractivity contribution < 1.29 is 18.4 Å². The van der Waals surface area contributed by atoms with E-state index in [9.17, 15) is 9.18 Å². The van der Waals surface area contributed by atoms with Gasteiger partial charge in [0.05, 0.1) is 12.6 Å². The molecule has 1 N–H and O–H groups in total. The molecule has 1 aromatic heterocycles. The molecule has 7 heteroatoms. The predicted octanol–water partition coefficient (Wildman–Crippen LogP) is 5.11. The van der Waals surface area contributed by atoms with Crippen molar-refractivity contribution in [3.63, 3.8) is 0 Å². The van der Waals surface area contributed by atoms with E-state index in [0.29, 0.717) is 30.3 Å². The first kappa shape index (κ1) is 22.2. The third-order valence-electron chi connectivity index (χ3n) is 5.10. The minimum absolute atomic E-state index is 0.140. The van der Waals surface area contributed by atoms with E-state index in [1.54, 1.807) is 12.1 Å². The van der Waals surface area contributed by atoms with Gasteiger partial charge in [0.25, 0.3) is 0 Å². The van der Waals surface area contributed by atoms with Gasteiger partial charge in [0.15, 0.2) is 0 Å². The SMILES string of the molecule is CCOc1ccc(C(NC(=O)CCc2nc(-c3ccc(F)cc3)no2)c2ccccc2)cc1. The molecule has 168 valence electrons. The van der Waals surface area contributed by atoms with Crippen LogP contribution in [-0.2, 0) is 11.2 Å². The Hall–Kier alpha value is -4.00. The van der Waals surface area contributed by atoms with Crippen molar-refractivity contribution in [3.8, 4) is 17.1 Å². The molecule has 4 aromatic rings. The molecule has 0 aliphatic carbocycles. The molecular weight excluding hydrogens is 421 g/mol. The van der Waals surface area contributed by atoms with Gasteiger partial charge < -0.3 is 14.6 Å². The van der Waals surface area contributed by atoms with Crippen LogP contribution < -0.4 is 10.1 Å². The van der Waals surface area contributed by atoms with Crippen molar-refractivity contribution in [1.29, 1.82) is 0 Å². The van der Waals surface area contributed by atoms with Gasteiger partial charge >= 0.3 is 0 Å². The van der Waals surface area contributed by atoms with Crippen molar-refractivity contribution in [3.05, 3.63) is 102 Å². The minimum Gasteiger partial charge on any atom is -0.494 e. The molecule has 0 saturated carbocycles. The summed E-state index contributed by atoms with van der Waals surface area (Å²) in [6, 6.07) is 23.0. The molecule has 0 fully saturated rings. The highest BCUT2D eigenvalue weighted by atomic mass is 19.1. The molecule has 0 radical (unpaired) electrons. The highest BCUT2D eigenvalue weighted by molar-refractivity contribution is 5.77.